The van der Waals surface area contributed by atoms with Crippen LogP contribution < -0.4 is 0 Å². The molecular weight excluding hydrogens is 210 g/mol. The molecule has 0 saturated heterocycles. The van der Waals surface area contributed by atoms with Gasteiger partial charge in [-0.3, -0.25) is 0 Å². The third-order valence-corrected chi connectivity index (χ3v) is 1.82. The zero-order chi connectivity index (χ0) is 11.9. The Hall–Kier alpha value is -0.730. The third kappa shape index (κ3) is 7.23. The van der Waals surface area contributed by atoms with Crippen LogP contribution in [0.5, 0.6) is 0 Å². The summed E-state index contributed by atoms with van der Waals surface area (Å²) in [6.45, 7) is 7.57. The van der Waals surface area contributed by atoms with Crippen LogP contribution in [0.4, 0.5) is 0 Å². The van der Waals surface area contributed by atoms with E-state index < -0.39 is 11.6 Å². The Morgan fingerprint density at radius 3 is 2.53 bits per heavy atom. The molecule has 0 spiro atoms. The van der Waals surface area contributed by atoms with Crippen molar-refractivity contribution in [2.45, 2.75) is 58.6 Å². The smallest absolute Gasteiger partial charge is 0.332 e. The molecule has 0 N–H and O–H groups in total. The molecule has 0 amide bonds. The van der Waals surface area contributed by atoms with Gasteiger partial charge in [0.1, 0.15) is 5.60 Å². The van der Waals surface area contributed by atoms with Crippen molar-refractivity contribution >= 4 is 23.3 Å². The van der Waals surface area contributed by atoms with Crippen LogP contribution in [0.15, 0.2) is 4.99 Å². The number of hydrogen-bond acceptors (Lipinski definition) is 4. The van der Waals surface area contributed by atoms with Crippen molar-refractivity contribution in [2.75, 3.05) is 0 Å². The van der Waals surface area contributed by atoms with Gasteiger partial charge >= 0.3 is 5.97 Å². The average molecular weight is 229 g/mol. The number of carbonyl (C=O) groups excluding carboxylic acids is 1. The number of rotatable bonds is 5. The topological polar surface area (TPSA) is 38.7 Å². The van der Waals surface area contributed by atoms with Crippen LogP contribution in [0.25, 0.3) is 0 Å². The maximum absolute atomic E-state index is 11.7. The molecule has 3 nitrogen and oxygen atoms in total. The molecule has 0 saturated carbocycles. The second-order valence-corrected chi connectivity index (χ2v) is 4.59. The first-order valence-corrected chi connectivity index (χ1v) is 5.61. The fraction of sp³-hybridized carbons (Fsp3) is 0.818. The van der Waals surface area contributed by atoms with E-state index in [1.807, 2.05) is 20.8 Å². The summed E-state index contributed by atoms with van der Waals surface area (Å²) in [5.74, 6) is -0.312. The van der Waals surface area contributed by atoms with Crippen molar-refractivity contribution in [3.8, 4) is 0 Å². The van der Waals surface area contributed by atoms with E-state index in [4.69, 9.17) is 4.74 Å². The number of isothiocyanates is 1. The Labute approximate surface area is 96.9 Å². The predicted octanol–water partition coefficient (Wildman–Crippen LogP) is 2.99. The van der Waals surface area contributed by atoms with Crippen molar-refractivity contribution < 1.29 is 9.53 Å². The summed E-state index contributed by atoms with van der Waals surface area (Å²) in [6, 6.07) is -0.485. The van der Waals surface area contributed by atoms with Crippen molar-refractivity contribution in [1.29, 1.82) is 0 Å². The number of hydrogen-bond donors (Lipinski definition) is 0. The van der Waals surface area contributed by atoms with Gasteiger partial charge in [-0.15, -0.1) is 0 Å². The summed E-state index contributed by atoms with van der Waals surface area (Å²) in [7, 11) is 0. The molecular formula is C11H19NO2S. The molecule has 0 aliphatic rings. The third-order valence-electron chi connectivity index (χ3n) is 1.72. The van der Waals surface area contributed by atoms with E-state index in [0.29, 0.717) is 6.42 Å². The SMILES string of the molecule is CCCCC(N=C=S)C(=O)OC(C)(C)C. The second kappa shape index (κ2) is 6.70. The Balaban J connectivity index is 4.35. The zero-order valence-electron chi connectivity index (χ0n) is 9.87. The van der Waals surface area contributed by atoms with E-state index in [0.717, 1.165) is 12.8 Å². The number of aliphatic imine (C=N–C) groups is 1. The summed E-state index contributed by atoms with van der Waals surface area (Å²) in [5.41, 5.74) is -0.474. The fourth-order valence-electron chi connectivity index (χ4n) is 1.07. The molecule has 15 heavy (non-hydrogen) atoms. The lowest BCUT2D eigenvalue weighted by Crippen LogP contribution is -2.30. The summed E-state index contributed by atoms with van der Waals surface area (Å²) in [6.07, 6.45) is 2.63. The van der Waals surface area contributed by atoms with Crippen LogP contribution in [0, 0.1) is 0 Å². The molecule has 86 valence electrons. The van der Waals surface area contributed by atoms with Gasteiger partial charge in [-0.05, 0) is 39.4 Å². The first-order valence-electron chi connectivity index (χ1n) is 5.20. The number of esters is 1. The minimum atomic E-state index is -0.485. The zero-order valence-corrected chi connectivity index (χ0v) is 10.7. The Kier molecular flexibility index (Phi) is 6.37. The van der Waals surface area contributed by atoms with Crippen molar-refractivity contribution in [2.24, 2.45) is 4.99 Å². The number of nitrogens with zero attached hydrogens (tertiary/aromatic N) is 1. The van der Waals surface area contributed by atoms with E-state index in [1.54, 1.807) is 0 Å². The van der Waals surface area contributed by atoms with Gasteiger partial charge in [0.15, 0.2) is 6.04 Å². The first kappa shape index (κ1) is 14.3. The standard InChI is InChI=1S/C11H19NO2S/c1-5-6-7-9(12-8-15)10(13)14-11(2,3)4/h9H,5-7H2,1-4H3. The number of carbonyl (C=O) groups is 1. The van der Waals surface area contributed by atoms with Gasteiger partial charge in [-0.2, -0.15) is 0 Å². The van der Waals surface area contributed by atoms with Crippen LogP contribution >= 0.6 is 12.2 Å². The van der Waals surface area contributed by atoms with E-state index in [2.05, 4.69) is 29.3 Å². The highest BCUT2D eigenvalue weighted by atomic mass is 32.1. The van der Waals surface area contributed by atoms with Gasteiger partial charge < -0.3 is 4.74 Å². The Morgan fingerprint density at radius 1 is 1.53 bits per heavy atom. The summed E-state index contributed by atoms with van der Waals surface area (Å²) in [4.78, 5) is 15.5. The lowest BCUT2D eigenvalue weighted by atomic mass is 10.1. The minimum Gasteiger partial charge on any atom is -0.458 e. The van der Waals surface area contributed by atoms with Crippen LogP contribution in [0.1, 0.15) is 47.0 Å². The van der Waals surface area contributed by atoms with Crippen molar-refractivity contribution in [3.63, 3.8) is 0 Å². The van der Waals surface area contributed by atoms with Gasteiger partial charge in [-0.1, -0.05) is 19.8 Å². The lowest BCUT2D eigenvalue weighted by molar-refractivity contribution is -0.156. The van der Waals surface area contributed by atoms with Crippen molar-refractivity contribution in [3.05, 3.63) is 0 Å². The fourth-order valence-corrected chi connectivity index (χ4v) is 1.19. The second-order valence-electron chi connectivity index (χ2n) is 4.41. The molecule has 1 atom stereocenters. The molecule has 0 rings (SSSR count). The number of ether oxygens (including phenoxy) is 1. The van der Waals surface area contributed by atoms with Crippen LogP contribution in [-0.4, -0.2) is 22.8 Å². The molecule has 0 aromatic rings. The normalized spacial score (nSPS) is 12.8. The van der Waals surface area contributed by atoms with Gasteiger partial charge in [0.25, 0.3) is 0 Å². The maximum Gasteiger partial charge on any atom is 0.332 e. The maximum atomic E-state index is 11.7. The molecule has 0 aliphatic carbocycles. The molecule has 0 heterocycles. The van der Waals surface area contributed by atoms with Crippen molar-refractivity contribution in [1.82, 2.24) is 0 Å². The van der Waals surface area contributed by atoms with Crippen LogP contribution in [-0.2, 0) is 9.53 Å². The number of thiocarbonyl (C=S) groups is 1. The first-order chi connectivity index (χ1) is 6.90. The monoisotopic (exact) mass is 229 g/mol. The molecule has 0 fully saturated rings. The highest BCUT2D eigenvalue weighted by Crippen LogP contribution is 2.13. The van der Waals surface area contributed by atoms with Gasteiger partial charge in [0.2, 0.25) is 0 Å². The molecule has 0 radical (unpaired) electrons. The average Bonchev–Trinajstić information content (AvgIpc) is 2.09. The van der Waals surface area contributed by atoms with Gasteiger partial charge in [0.05, 0.1) is 5.16 Å². The molecule has 0 aromatic carbocycles. The van der Waals surface area contributed by atoms with E-state index >= 15 is 0 Å². The highest BCUT2D eigenvalue weighted by Gasteiger charge is 2.23. The molecule has 1 unspecified atom stereocenters. The van der Waals surface area contributed by atoms with Crippen LogP contribution in [0.3, 0.4) is 0 Å². The molecule has 4 heteroatoms. The highest BCUT2D eigenvalue weighted by molar-refractivity contribution is 7.78. The minimum absolute atomic E-state index is 0.312. The largest absolute Gasteiger partial charge is 0.458 e. The van der Waals surface area contributed by atoms with Crippen LogP contribution in [0.2, 0.25) is 0 Å². The molecule has 0 bridgehead atoms. The number of unbranched alkanes of at least 4 members (excludes halogenated alkanes) is 1. The Morgan fingerprint density at radius 2 is 2.13 bits per heavy atom. The summed E-state index contributed by atoms with van der Waals surface area (Å²) < 4.78 is 5.23. The lowest BCUT2D eigenvalue weighted by Gasteiger charge is -2.21. The van der Waals surface area contributed by atoms with E-state index in [-0.39, 0.29) is 5.97 Å². The molecule has 0 aromatic heterocycles. The molecule has 0 aliphatic heterocycles. The van der Waals surface area contributed by atoms with Gasteiger partial charge in [-0.25, -0.2) is 9.79 Å². The Bertz CT molecular complexity index is 252. The quantitative estimate of drug-likeness (QED) is 0.413. The van der Waals surface area contributed by atoms with E-state index in [9.17, 15) is 4.79 Å². The summed E-state index contributed by atoms with van der Waals surface area (Å²) >= 11 is 4.51. The summed E-state index contributed by atoms with van der Waals surface area (Å²) in [5, 5.41) is 2.25. The predicted molar refractivity (Wildman–Crippen MR) is 64.2 cm³/mol. The van der Waals surface area contributed by atoms with E-state index in [1.165, 1.54) is 0 Å². The van der Waals surface area contributed by atoms with Gasteiger partial charge in [0, 0.05) is 0 Å².